The van der Waals surface area contributed by atoms with E-state index in [2.05, 4.69) is 29.5 Å². The zero-order valence-electron chi connectivity index (χ0n) is 30.6. The van der Waals surface area contributed by atoms with Crippen LogP contribution in [0.3, 0.4) is 0 Å². The molecule has 3 aromatic heterocycles. The Kier molecular flexibility index (Phi) is 12.2. The van der Waals surface area contributed by atoms with Gasteiger partial charge in [-0.1, -0.05) is 38.1 Å². The van der Waals surface area contributed by atoms with Crippen LogP contribution in [0.1, 0.15) is 107 Å². The molecule has 0 fully saturated rings. The minimum atomic E-state index is -1.17. The third kappa shape index (κ3) is 7.59. The number of aryl methyl sites for hydroxylation is 3. The third-order valence-corrected chi connectivity index (χ3v) is 10.2. The normalized spacial score (nSPS) is 15.5. The van der Waals surface area contributed by atoms with Gasteiger partial charge in [-0.2, -0.15) is 0 Å². The number of aliphatic carboxylic acids is 1. The fourth-order valence-electron chi connectivity index (χ4n) is 7.27. The van der Waals surface area contributed by atoms with Crippen molar-refractivity contribution in [3.8, 4) is 0 Å². The van der Waals surface area contributed by atoms with Crippen LogP contribution in [0.5, 0.6) is 0 Å². The van der Waals surface area contributed by atoms with Gasteiger partial charge in [0.1, 0.15) is 0 Å². The van der Waals surface area contributed by atoms with E-state index in [9.17, 15) is 24.6 Å². The number of allylic oxidation sites excluding steroid dienone is 2. The molecule has 2 aliphatic heterocycles. The minimum absolute atomic E-state index is 0. The molecule has 0 spiro atoms. The van der Waals surface area contributed by atoms with E-state index in [0.29, 0.717) is 53.2 Å². The number of rotatable bonds is 11. The van der Waals surface area contributed by atoms with Gasteiger partial charge >= 0.3 is 29.0 Å². The predicted octanol–water partition coefficient (Wildman–Crippen LogP) is 6.22. The van der Waals surface area contributed by atoms with Gasteiger partial charge in [0.25, 0.3) is 0 Å². The number of amides is 1. The second kappa shape index (κ2) is 15.8. The Bertz CT molecular complexity index is 2110. The summed E-state index contributed by atoms with van der Waals surface area (Å²) in [5.74, 6) is -3.05. The predicted molar refractivity (Wildman–Crippen MR) is 197 cm³/mol. The molecule has 3 N–H and O–H groups in total. The molecule has 274 valence electrons. The van der Waals surface area contributed by atoms with E-state index >= 15 is 0 Å². The quantitative estimate of drug-likeness (QED) is 0.195. The number of carboxylic acids is 2. The van der Waals surface area contributed by atoms with Crippen LogP contribution in [0.25, 0.3) is 39.3 Å². The smallest absolute Gasteiger partial charge is 0.657 e. The fraction of sp³-hybridized carbons (Fsp3) is 0.410. The first-order chi connectivity index (χ1) is 23.7. The van der Waals surface area contributed by atoms with Gasteiger partial charge in [0.2, 0.25) is 5.91 Å². The summed E-state index contributed by atoms with van der Waals surface area (Å²) in [6.45, 7) is 15.0. The average Bonchev–Trinajstić information content (AvgIpc) is 3.71. The van der Waals surface area contributed by atoms with Crippen molar-refractivity contribution in [3.05, 3.63) is 75.4 Å². The molecule has 11 nitrogen and oxygen atoms in total. The number of carbonyl (C=O) groups excluding carboxylic acids is 1. The molecule has 0 radical (unpaired) electrons. The number of carbonyl (C=O) groups is 3. The van der Waals surface area contributed by atoms with E-state index < -0.39 is 17.9 Å². The maximum Gasteiger partial charge on any atom is 1.00 e. The first-order valence-corrected chi connectivity index (χ1v) is 17.1. The van der Waals surface area contributed by atoms with Crippen LogP contribution in [0.2, 0.25) is 0 Å². The van der Waals surface area contributed by atoms with E-state index in [-0.39, 0.29) is 59.2 Å². The van der Waals surface area contributed by atoms with Crippen LogP contribution >= 0.6 is 0 Å². The van der Waals surface area contributed by atoms with E-state index in [1.807, 2.05) is 65.0 Å². The fourth-order valence-corrected chi connectivity index (χ4v) is 7.27. The summed E-state index contributed by atoms with van der Waals surface area (Å²) < 4.78 is 2.10. The summed E-state index contributed by atoms with van der Waals surface area (Å²) >= 11 is 0. The topological polar surface area (TPSA) is 152 Å². The number of hydrogen-bond donors (Lipinski definition) is 3. The van der Waals surface area contributed by atoms with Crippen molar-refractivity contribution in [1.82, 2.24) is 29.7 Å². The van der Waals surface area contributed by atoms with Crippen molar-refractivity contribution in [2.24, 2.45) is 7.05 Å². The van der Waals surface area contributed by atoms with Crippen LogP contribution < -0.4 is 10.3 Å². The zero-order chi connectivity index (χ0) is 36.6. The summed E-state index contributed by atoms with van der Waals surface area (Å²) in [5.41, 5.74) is 10.0. The average molecular weight is 743 g/mol. The van der Waals surface area contributed by atoms with Gasteiger partial charge in [0, 0.05) is 66.4 Å². The number of nitrogens with one attached hydrogen (secondary N) is 1. The Morgan fingerprint density at radius 1 is 1.06 bits per heavy atom. The molecule has 2 aliphatic rings. The number of aromatic nitrogens is 4. The molecule has 0 saturated heterocycles. The number of hydrogen-bond acceptors (Lipinski definition) is 6. The Balaban J connectivity index is 0.00000583. The van der Waals surface area contributed by atoms with Gasteiger partial charge < -0.3 is 30.0 Å². The van der Waals surface area contributed by atoms with Gasteiger partial charge in [0.05, 0.1) is 23.3 Å². The minimum Gasteiger partial charge on any atom is -0.657 e. The molecule has 0 aromatic carbocycles. The number of carboxylic acid groups (broad SMARTS) is 2. The third-order valence-electron chi connectivity index (χ3n) is 10.2. The zero-order valence-corrected chi connectivity index (χ0v) is 31.5. The molecular weight excluding hydrogens is 696 g/mol. The molecule has 0 aliphatic carbocycles. The first kappa shape index (κ1) is 39.3. The SMILES string of the molecule is C=Cc1c(C)c2cc3nc(c(CC(=O)NCCN(C)C)c4[n-]c(cc5nc(cc1n2C)C(C)=C5CC)c(C)c4C(=O)O)C(CCC(=O)O)C3C.[Cu+]. The van der Waals surface area contributed by atoms with Crippen LogP contribution in [0.4, 0.5) is 0 Å². The Morgan fingerprint density at radius 3 is 2.37 bits per heavy atom. The number of fused-ring (bicyclic) bond motifs is 8. The summed E-state index contributed by atoms with van der Waals surface area (Å²) in [6, 6.07) is 5.91. The number of aromatic carboxylic acids is 1. The van der Waals surface area contributed by atoms with Crippen molar-refractivity contribution in [3.63, 3.8) is 0 Å². The van der Waals surface area contributed by atoms with Crippen molar-refractivity contribution in [1.29, 1.82) is 0 Å². The van der Waals surface area contributed by atoms with Crippen molar-refractivity contribution in [2.45, 2.75) is 72.1 Å². The maximum atomic E-state index is 13.6. The molecule has 51 heavy (non-hydrogen) atoms. The molecule has 12 heteroatoms. The van der Waals surface area contributed by atoms with Gasteiger partial charge in [-0.3, -0.25) is 14.6 Å². The molecule has 1 amide bonds. The molecular formula is C39H47CuN6O5. The van der Waals surface area contributed by atoms with E-state index in [0.717, 1.165) is 39.0 Å². The van der Waals surface area contributed by atoms with Crippen LogP contribution in [0.15, 0.2) is 24.8 Å². The van der Waals surface area contributed by atoms with Crippen LogP contribution in [-0.4, -0.2) is 74.7 Å². The summed E-state index contributed by atoms with van der Waals surface area (Å²) in [6.07, 6.45) is 2.51. The molecule has 3 aromatic rings. The Labute approximate surface area is 309 Å². The molecule has 2 atom stereocenters. The van der Waals surface area contributed by atoms with Crippen LogP contribution in [-0.2, 0) is 40.1 Å². The molecule has 8 bridgehead atoms. The molecule has 5 rings (SSSR count). The van der Waals surface area contributed by atoms with E-state index in [4.69, 9.17) is 15.0 Å². The molecule has 5 heterocycles. The number of likely N-dealkylation sites (N-methyl/N-ethyl adjacent to an activating group) is 1. The summed E-state index contributed by atoms with van der Waals surface area (Å²) in [5, 5.41) is 23.3. The van der Waals surface area contributed by atoms with Gasteiger partial charge in [0.15, 0.2) is 0 Å². The standard InChI is InChI=1S/C39H48N6O5.Cu/c1-10-24-20(3)29-19-33-25(11-2)22(5)32(45(33)9)18-30-21(4)26(12-13-35(47)48)37(42-30)27(16-34(46)40-14-15-44(7)8)38-36(39(49)50)23(6)28(43-38)17-31(24)41-29;/h11,17-19,21,26H,2,10,12-16H2,1,3-9H3,(H4,40,41,42,43,46,47,48,49,50);/q;+1/p-1. The molecule has 2 unspecified atom stereocenters. The second-order valence-electron chi connectivity index (χ2n) is 13.6. The van der Waals surface area contributed by atoms with Gasteiger partial charge in [-0.15, -0.1) is 11.0 Å². The Morgan fingerprint density at radius 2 is 1.76 bits per heavy atom. The van der Waals surface area contributed by atoms with Gasteiger partial charge in [-0.05, 0) is 82.1 Å². The van der Waals surface area contributed by atoms with Crippen molar-refractivity contribution < 1.29 is 41.7 Å². The second-order valence-corrected chi connectivity index (χ2v) is 13.6. The maximum absolute atomic E-state index is 13.6. The van der Waals surface area contributed by atoms with Gasteiger partial charge in [-0.25, -0.2) is 9.78 Å². The first-order valence-electron chi connectivity index (χ1n) is 17.1. The largest absolute Gasteiger partial charge is 1.00 e. The summed E-state index contributed by atoms with van der Waals surface area (Å²) in [7, 11) is 5.82. The van der Waals surface area contributed by atoms with Crippen molar-refractivity contribution in [2.75, 3.05) is 27.2 Å². The van der Waals surface area contributed by atoms with E-state index in [1.165, 1.54) is 0 Å². The van der Waals surface area contributed by atoms with Crippen molar-refractivity contribution >= 4 is 57.1 Å². The molecule has 0 saturated carbocycles. The Hall–Kier alpha value is -4.51. The van der Waals surface area contributed by atoms with Crippen LogP contribution in [0, 0.1) is 13.8 Å². The summed E-state index contributed by atoms with van der Waals surface area (Å²) in [4.78, 5) is 55.5. The van der Waals surface area contributed by atoms with E-state index in [1.54, 1.807) is 6.92 Å². The monoisotopic (exact) mass is 742 g/mol. The number of nitrogens with zero attached hydrogens (tertiary/aromatic N) is 5.